The van der Waals surface area contributed by atoms with Crippen molar-refractivity contribution in [2.45, 2.75) is 6.42 Å². The minimum absolute atomic E-state index is 0.0345. The smallest absolute Gasteiger partial charge is 0.275 e. The van der Waals surface area contributed by atoms with Gasteiger partial charge in [-0.25, -0.2) is 0 Å². The van der Waals surface area contributed by atoms with Crippen LogP contribution in [0.25, 0.3) is 0 Å². The molecule has 5 nitrogen and oxygen atoms in total. The first kappa shape index (κ1) is 8.55. The summed E-state index contributed by atoms with van der Waals surface area (Å²) < 4.78 is 0. The monoisotopic (exact) mass is 190 g/mol. The Labute approximate surface area is 79.2 Å². The van der Waals surface area contributed by atoms with Gasteiger partial charge in [0.25, 0.3) is 5.69 Å². The predicted octanol–water partition coefficient (Wildman–Crippen LogP) is 1.42. The highest BCUT2D eigenvalue weighted by atomic mass is 16.6. The van der Waals surface area contributed by atoms with Gasteiger partial charge in [0.05, 0.1) is 22.4 Å². The Hall–Kier alpha value is -2.04. The number of carbonyl (C=O) groups is 1. The lowest BCUT2D eigenvalue weighted by Crippen LogP contribution is -2.10. The van der Waals surface area contributed by atoms with E-state index < -0.39 is 4.92 Å². The molecule has 0 amide bonds. The number of aliphatic imine (C=N–C) groups is 1. The maximum absolute atomic E-state index is 11.0. The largest absolute Gasteiger partial charge is 0.293 e. The molecule has 0 aromatic heterocycles. The second-order valence-corrected chi connectivity index (χ2v) is 2.93. The van der Waals surface area contributed by atoms with Gasteiger partial charge < -0.3 is 0 Å². The van der Waals surface area contributed by atoms with Crippen LogP contribution in [0.5, 0.6) is 0 Å². The molecular weight excluding hydrogens is 184 g/mol. The Bertz CT molecular complexity index is 451. The molecular formula is C9H6N2O3. The second kappa shape index (κ2) is 3.02. The Balaban J connectivity index is 2.62. The number of rotatable bonds is 1. The fourth-order valence-corrected chi connectivity index (χ4v) is 1.40. The minimum atomic E-state index is -0.493. The molecule has 0 saturated carbocycles. The first-order valence-electron chi connectivity index (χ1n) is 4.01. The zero-order valence-electron chi connectivity index (χ0n) is 7.14. The number of nitro benzene ring substituents is 1. The fourth-order valence-electron chi connectivity index (χ4n) is 1.40. The van der Waals surface area contributed by atoms with Crippen LogP contribution in [0.3, 0.4) is 0 Å². The van der Waals surface area contributed by atoms with E-state index >= 15 is 0 Å². The number of hydrogen-bond donors (Lipinski definition) is 0. The third-order valence-electron chi connectivity index (χ3n) is 2.02. The van der Waals surface area contributed by atoms with Crippen molar-refractivity contribution >= 4 is 23.4 Å². The molecule has 1 aromatic rings. The lowest BCUT2D eigenvalue weighted by Gasteiger charge is -2.07. The summed E-state index contributed by atoms with van der Waals surface area (Å²) in [4.78, 5) is 25.0. The van der Waals surface area contributed by atoms with Crippen molar-refractivity contribution < 1.29 is 9.72 Å². The van der Waals surface area contributed by atoms with Gasteiger partial charge in [0, 0.05) is 12.5 Å². The van der Waals surface area contributed by atoms with Crippen LogP contribution in [0.2, 0.25) is 0 Å². The van der Waals surface area contributed by atoms with Crippen LogP contribution in [0, 0.1) is 10.1 Å². The van der Waals surface area contributed by atoms with E-state index in [-0.39, 0.29) is 17.9 Å². The van der Waals surface area contributed by atoms with Crippen LogP contribution in [0.4, 0.5) is 11.4 Å². The van der Waals surface area contributed by atoms with Gasteiger partial charge in [0.15, 0.2) is 5.78 Å². The standard InChI is InChI=1S/C9H6N2O3/c12-6-4-7-8(10-5-6)2-1-3-9(7)11(13)14/h1-3,5H,4H2. The van der Waals surface area contributed by atoms with Gasteiger partial charge >= 0.3 is 0 Å². The Kier molecular flexibility index (Phi) is 1.85. The summed E-state index contributed by atoms with van der Waals surface area (Å²) in [6, 6.07) is 4.60. The van der Waals surface area contributed by atoms with Gasteiger partial charge in [0.2, 0.25) is 0 Å². The average Bonchev–Trinajstić information content (AvgIpc) is 2.16. The van der Waals surface area contributed by atoms with Crippen molar-refractivity contribution in [3.05, 3.63) is 33.9 Å². The average molecular weight is 190 g/mol. The summed E-state index contributed by atoms with van der Waals surface area (Å²) in [5, 5.41) is 10.6. The summed E-state index contributed by atoms with van der Waals surface area (Å²) in [7, 11) is 0. The zero-order chi connectivity index (χ0) is 10.1. The van der Waals surface area contributed by atoms with Crippen LogP contribution in [0.15, 0.2) is 23.2 Å². The number of Topliss-reactive ketones (excluding diaryl/α,β-unsaturated/α-hetero) is 1. The van der Waals surface area contributed by atoms with Crippen LogP contribution in [0.1, 0.15) is 5.56 Å². The second-order valence-electron chi connectivity index (χ2n) is 2.93. The summed E-state index contributed by atoms with van der Waals surface area (Å²) in [5.41, 5.74) is 0.886. The first-order chi connectivity index (χ1) is 6.68. The number of fused-ring (bicyclic) bond motifs is 1. The molecule has 70 valence electrons. The van der Waals surface area contributed by atoms with Crippen LogP contribution in [-0.4, -0.2) is 16.9 Å². The van der Waals surface area contributed by atoms with Crippen LogP contribution >= 0.6 is 0 Å². The third kappa shape index (κ3) is 1.28. The number of carbonyl (C=O) groups excluding carboxylic acids is 1. The number of nitro groups is 1. The van der Waals surface area contributed by atoms with Gasteiger partial charge in [-0.3, -0.25) is 19.9 Å². The van der Waals surface area contributed by atoms with E-state index in [0.29, 0.717) is 11.3 Å². The number of ketones is 1. The maximum Gasteiger partial charge on any atom is 0.275 e. The number of benzene rings is 1. The molecule has 0 aliphatic carbocycles. The normalized spacial score (nSPS) is 13.9. The van der Waals surface area contributed by atoms with E-state index in [4.69, 9.17) is 0 Å². The fraction of sp³-hybridized carbons (Fsp3) is 0.111. The van der Waals surface area contributed by atoms with Crippen molar-refractivity contribution in [1.29, 1.82) is 0 Å². The molecule has 0 unspecified atom stereocenters. The summed E-state index contributed by atoms with van der Waals surface area (Å²) in [5.74, 6) is -0.202. The van der Waals surface area contributed by atoms with E-state index in [1.165, 1.54) is 12.3 Å². The third-order valence-corrected chi connectivity index (χ3v) is 2.02. The Morgan fingerprint density at radius 2 is 2.21 bits per heavy atom. The summed E-state index contributed by atoms with van der Waals surface area (Å²) >= 11 is 0. The van der Waals surface area contributed by atoms with E-state index in [9.17, 15) is 14.9 Å². The van der Waals surface area contributed by atoms with E-state index in [0.717, 1.165) is 0 Å². The molecule has 0 saturated heterocycles. The topological polar surface area (TPSA) is 72.6 Å². The molecule has 2 rings (SSSR count). The van der Waals surface area contributed by atoms with Crippen LogP contribution < -0.4 is 0 Å². The van der Waals surface area contributed by atoms with E-state index in [2.05, 4.69) is 4.99 Å². The molecule has 0 atom stereocenters. The van der Waals surface area contributed by atoms with Gasteiger partial charge in [-0.1, -0.05) is 6.07 Å². The number of nitrogens with zero attached hydrogens (tertiary/aromatic N) is 2. The van der Waals surface area contributed by atoms with Crippen LogP contribution in [-0.2, 0) is 11.2 Å². The highest BCUT2D eigenvalue weighted by Gasteiger charge is 2.21. The molecule has 0 radical (unpaired) electrons. The van der Waals surface area contributed by atoms with Gasteiger partial charge in [-0.05, 0) is 6.07 Å². The zero-order valence-corrected chi connectivity index (χ0v) is 7.14. The Morgan fingerprint density at radius 1 is 1.43 bits per heavy atom. The Morgan fingerprint density at radius 3 is 2.93 bits per heavy atom. The first-order valence-corrected chi connectivity index (χ1v) is 4.01. The quantitative estimate of drug-likeness (QED) is 0.496. The lowest BCUT2D eigenvalue weighted by atomic mass is 10.0. The molecule has 0 spiro atoms. The highest BCUT2D eigenvalue weighted by molar-refractivity contribution is 6.30. The van der Waals surface area contributed by atoms with Crippen molar-refractivity contribution in [3.8, 4) is 0 Å². The summed E-state index contributed by atoms with van der Waals surface area (Å²) in [6.45, 7) is 0. The molecule has 0 bridgehead atoms. The lowest BCUT2D eigenvalue weighted by molar-refractivity contribution is -0.385. The van der Waals surface area contributed by atoms with Gasteiger partial charge in [-0.15, -0.1) is 0 Å². The van der Waals surface area contributed by atoms with Gasteiger partial charge in [0.1, 0.15) is 0 Å². The number of hydrogen-bond acceptors (Lipinski definition) is 4. The molecule has 1 aliphatic heterocycles. The van der Waals surface area contributed by atoms with Crippen molar-refractivity contribution in [2.75, 3.05) is 0 Å². The molecule has 14 heavy (non-hydrogen) atoms. The SMILES string of the molecule is O=C1C=Nc2cccc([N+](=O)[O-])c2C1. The van der Waals surface area contributed by atoms with Crippen molar-refractivity contribution in [1.82, 2.24) is 0 Å². The maximum atomic E-state index is 11.0. The summed E-state index contributed by atoms with van der Waals surface area (Å²) in [6.07, 6.45) is 1.27. The van der Waals surface area contributed by atoms with E-state index in [1.54, 1.807) is 12.1 Å². The molecule has 1 heterocycles. The highest BCUT2D eigenvalue weighted by Crippen LogP contribution is 2.30. The molecule has 5 heteroatoms. The molecule has 0 N–H and O–H groups in total. The predicted molar refractivity (Wildman–Crippen MR) is 50.0 cm³/mol. The van der Waals surface area contributed by atoms with Gasteiger partial charge in [-0.2, -0.15) is 0 Å². The minimum Gasteiger partial charge on any atom is -0.293 e. The van der Waals surface area contributed by atoms with Crippen molar-refractivity contribution in [2.24, 2.45) is 4.99 Å². The molecule has 0 fully saturated rings. The molecule has 1 aromatic carbocycles. The molecule has 1 aliphatic rings. The van der Waals surface area contributed by atoms with E-state index in [1.807, 2.05) is 0 Å². The van der Waals surface area contributed by atoms with Crippen molar-refractivity contribution in [3.63, 3.8) is 0 Å².